The highest BCUT2D eigenvalue weighted by Crippen LogP contribution is 2.41. The zero-order valence-corrected chi connectivity index (χ0v) is 10.4. The highest BCUT2D eigenvalue weighted by molar-refractivity contribution is 5.74. The number of nitrogens with two attached hydrogens (primary N) is 1. The third-order valence-corrected chi connectivity index (χ3v) is 2.99. The minimum absolute atomic E-state index is 0.107. The number of hydrogen-bond donors (Lipinski definition) is 2. The lowest BCUT2D eigenvalue weighted by atomic mass is 10.0. The summed E-state index contributed by atoms with van der Waals surface area (Å²) in [7, 11) is 1.64. The van der Waals surface area contributed by atoms with E-state index in [9.17, 15) is 4.79 Å². The molecule has 1 aliphatic rings. The molecule has 3 N–H and O–H groups in total. The fraction of sp³-hybridized carbons (Fsp3) is 0.462. The summed E-state index contributed by atoms with van der Waals surface area (Å²) in [6, 6.07) is 7.95. The molecule has 0 spiro atoms. The van der Waals surface area contributed by atoms with E-state index in [0.717, 1.165) is 11.3 Å². The fourth-order valence-electron chi connectivity index (χ4n) is 1.88. The van der Waals surface area contributed by atoms with Gasteiger partial charge in [-0.15, -0.1) is 0 Å². The summed E-state index contributed by atoms with van der Waals surface area (Å²) in [5.41, 5.74) is 9.08. The van der Waals surface area contributed by atoms with Gasteiger partial charge in [-0.05, 0) is 36.5 Å². The standard InChI is InChI=1S/C13H18N2O3/c1-17-11-6-4-10(5-7-11)13(9-2-3-9)15-18-8-12(14)16/h4-7,9,13,15H,2-3,8H2,1H3,(H2,14,16). The zero-order valence-electron chi connectivity index (χ0n) is 10.4. The third-order valence-electron chi connectivity index (χ3n) is 2.99. The first-order valence-corrected chi connectivity index (χ1v) is 6.00. The first-order chi connectivity index (χ1) is 8.70. The van der Waals surface area contributed by atoms with Crippen molar-refractivity contribution in [3.05, 3.63) is 29.8 Å². The van der Waals surface area contributed by atoms with Crippen LogP contribution in [0, 0.1) is 5.92 Å². The monoisotopic (exact) mass is 250 g/mol. The molecule has 18 heavy (non-hydrogen) atoms. The van der Waals surface area contributed by atoms with Crippen molar-refractivity contribution >= 4 is 5.91 Å². The third kappa shape index (κ3) is 3.45. The average Bonchev–Trinajstić information content (AvgIpc) is 3.19. The van der Waals surface area contributed by atoms with Gasteiger partial charge in [-0.1, -0.05) is 12.1 Å². The van der Waals surface area contributed by atoms with Crippen LogP contribution in [0.4, 0.5) is 0 Å². The molecule has 0 heterocycles. The van der Waals surface area contributed by atoms with Crippen molar-refractivity contribution in [2.75, 3.05) is 13.7 Å². The Morgan fingerprint density at radius 2 is 2.11 bits per heavy atom. The number of carbonyl (C=O) groups excluding carboxylic acids is 1. The Morgan fingerprint density at radius 3 is 2.61 bits per heavy atom. The number of nitrogens with one attached hydrogen (secondary N) is 1. The number of amides is 1. The molecule has 0 saturated heterocycles. The molecule has 2 rings (SSSR count). The Labute approximate surface area is 106 Å². The minimum atomic E-state index is -0.480. The lowest BCUT2D eigenvalue weighted by Crippen LogP contribution is -2.29. The molecule has 1 saturated carbocycles. The Bertz CT molecular complexity index is 401. The molecule has 0 aromatic heterocycles. The van der Waals surface area contributed by atoms with Crippen LogP contribution in [-0.4, -0.2) is 19.6 Å². The van der Waals surface area contributed by atoms with Crippen LogP contribution in [-0.2, 0) is 9.63 Å². The van der Waals surface area contributed by atoms with Crippen LogP contribution in [0.5, 0.6) is 5.75 Å². The Morgan fingerprint density at radius 1 is 1.44 bits per heavy atom. The van der Waals surface area contributed by atoms with E-state index in [1.54, 1.807) is 7.11 Å². The van der Waals surface area contributed by atoms with Crippen molar-refractivity contribution in [3.63, 3.8) is 0 Å². The molecular weight excluding hydrogens is 232 g/mol. The van der Waals surface area contributed by atoms with Crippen LogP contribution in [0.15, 0.2) is 24.3 Å². The predicted molar refractivity (Wildman–Crippen MR) is 66.7 cm³/mol. The van der Waals surface area contributed by atoms with E-state index in [-0.39, 0.29) is 12.6 Å². The summed E-state index contributed by atoms with van der Waals surface area (Å²) in [6.07, 6.45) is 2.34. The van der Waals surface area contributed by atoms with Gasteiger partial charge in [0.15, 0.2) is 0 Å². The molecule has 1 aromatic rings. The van der Waals surface area contributed by atoms with Gasteiger partial charge in [0, 0.05) is 0 Å². The van der Waals surface area contributed by atoms with Crippen molar-refractivity contribution < 1.29 is 14.4 Å². The second-order valence-corrected chi connectivity index (χ2v) is 4.46. The predicted octanol–water partition coefficient (Wildman–Crippen LogP) is 1.15. The molecule has 1 fully saturated rings. The highest BCUT2D eigenvalue weighted by Gasteiger charge is 2.32. The topological polar surface area (TPSA) is 73.6 Å². The van der Waals surface area contributed by atoms with Crippen LogP contribution in [0.2, 0.25) is 0 Å². The number of hydroxylamine groups is 1. The second-order valence-electron chi connectivity index (χ2n) is 4.46. The maximum Gasteiger partial charge on any atom is 0.245 e. The summed E-state index contributed by atoms with van der Waals surface area (Å²) in [5, 5.41) is 0. The molecule has 1 aromatic carbocycles. The maximum absolute atomic E-state index is 10.6. The van der Waals surface area contributed by atoms with Gasteiger partial charge in [0.1, 0.15) is 12.4 Å². The van der Waals surface area contributed by atoms with Gasteiger partial charge in [0.25, 0.3) is 0 Å². The van der Waals surface area contributed by atoms with Crippen LogP contribution in [0.3, 0.4) is 0 Å². The van der Waals surface area contributed by atoms with Gasteiger partial charge in [-0.2, -0.15) is 5.48 Å². The summed E-state index contributed by atoms with van der Waals surface area (Å²) in [5.74, 6) is 0.907. The van der Waals surface area contributed by atoms with Gasteiger partial charge < -0.3 is 10.5 Å². The second kappa shape index (κ2) is 5.84. The van der Waals surface area contributed by atoms with Gasteiger partial charge in [0.05, 0.1) is 13.2 Å². The Balaban J connectivity index is 1.97. The number of primary amides is 1. The molecular formula is C13H18N2O3. The molecule has 1 atom stereocenters. The smallest absolute Gasteiger partial charge is 0.245 e. The quantitative estimate of drug-likeness (QED) is 0.712. The van der Waals surface area contributed by atoms with Gasteiger partial charge >= 0.3 is 0 Å². The number of carbonyl (C=O) groups is 1. The van der Waals surface area contributed by atoms with E-state index in [2.05, 4.69) is 5.48 Å². The Hall–Kier alpha value is -1.59. The van der Waals surface area contributed by atoms with Crippen LogP contribution < -0.4 is 16.0 Å². The van der Waals surface area contributed by atoms with Crippen molar-refractivity contribution in [3.8, 4) is 5.75 Å². The molecule has 98 valence electrons. The molecule has 1 unspecified atom stereocenters. The maximum atomic E-state index is 10.6. The lowest BCUT2D eigenvalue weighted by molar-refractivity contribution is -0.126. The molecule has 1 amide bonds. The highest BCUT2D eigenvalue weighted by atomic mass is 16.6. The number of ether oxygens (including phenoxy) is 1. The van der Waals surface area contributed by atoms with Gasteiger partial charge in [-0.25, -0.2) is 0 Å². The summed E-state index contributed by atoms with van der Waals surface area (Å²) >= 11 is 0. The number of rotatable bonds is 7. The van der Waals surface area contributed by atoms with Crippen LogP contribution in [0.1, 0.15) is 24.4 Å². The molecule has 5 nitrogen and oxygen atoms in total. The van der Waals surface area contributed by atoms with E-state index < -0.39 is 5.91 Å². The number of hydrogen-bond acceptors (Lipinski definition) is 4. The van der Waals surface area contributed by atoms with E-state index in [1.165, 1.54) is 12.8 Å². The first kappa shape index (κ1) is 12.9. The van der Waals surface area contributed by atoms with Crippen molar-refractivity contribution in [2.24, 2.45) is 11.7 Å². The summed E-state index contributed by atoms with van der Waals surface area (Å²) in [4.78, 5) is 15.7. The number of benzene rings is 1. The van der Waals surface area contributed by atoms with E-state index >= 15 is 0 Å². The van der Waals surface area contributed by atoms with E-state index in [1.807, 2.05) is 24.3 Å². The first-order valence-electron chi connectivity index (χ1n) is 6.00. The van der Waals surface area contributed by atoms with Crippen LogP contribution in [0.25, 0.3) is 0 Å². The average molecular weight is 250 g/mol. The van der Waals surface area contributed by atoms with E-state index in [0.29, 0.717) is 5.92 Å². The zero-order chi connectivity index (χ0) is 13.0. The minimum Gasteiger partial charge on any atom is -0.497 e. The summed E-state index contributed by atoms with van der Waals surface area (Å²) < 4.78 is 5.12. The molecule has 1 aliphatic carbocycles. The van der Waals surface area contributed by atoms with Crippen molar-refractivity contribution in [2.45, 2.75) is 18.9 Å². The normalized spacial score (nSPS) is 16.3. The number of methoxy groups -OCH3 is 1. The van der Waals surface area contributed by atoms with Gasteiger partial charge in [-0.3, -0.25) is 9.63 Å². The van der Waals surface area contributed by atoms with E-state index in [4.69, 9.17) is 15.3 Å². The van der Waals surface area contributed by atoms with Crippen molar-refractivity contribution in [1.29, 1.82) is 0 Å². The molecule has 0 bridgehead atoms. The van der Waals surface area contributed by atoms with Gasteiger partial charge in [0.2, 0.25) is 5.91 Å². The SMILES string of the molecule is COc1ccc(C(NOCC(N)=O)C2CC2)cc1. The Kier molecular flexibility index (Phi) is 4.17. The fourth-order valence-corrected chi connectivity index (χ4v) is 1.88. The summed E-state index contributed by atoms with van der Waals surface area (Å²) in [6.45, 7) is -0.112. The lowest BCUT2D eigenvalue weighted by Gasteiger charge is -2.18. The molecule has 0 radical (unpaired) electrons. The largest absolute Gasteiger partial charge is 0.497 e. The molecule has 0 aliphatic heterocycles. The van der Waals surface area contributed by atoms with Crippen LogP contribution >= 0.6 is 0 Å². The van der Waals surface area contributed by atoms with Crippen molar-refractivity contribution in [1.82, 2.24) is 5.48 Å². The molecule has 5 heteroatoms.